The second kappa shape index (κ2) is 6.07. The van der Waals surface area contributed by atoms with Crippen LogP contribution in [0.5, 0.6) is 0 Å². The summed E-state index contributed by atoms with van der Waals surface area (Å²) in [6.45, 7) is 11.4. The molecule has 1 aromatic rings. The van der Waals surface area contributed by atoms with E-state index in [1.54, 1.807) is 30.3 Å². The van der Waals surface area contributed by atoms with Gasteiger partial charge in [-0.2, -0.15) is 0 Å². The van der Waals surface area contributed by atoms with Crippen LogP contribution in [0.4, 0.5) is 0 Å². The number of carbonyl (C=O) groups is 1. The highest BCUT2D eigenvalue weighted by molar-refractivity contribution is 7.74. The van der Waals surface area contributed by atoms with Crippen LogP contribution in [-0.4, -0.2) is 22.2 Å². The van der Waals surface area contributed by atoms with Crippen LogP contribution < -0.4 is 0 Å². The van der Waals surface area contributed by atoms with Crippen molar-refractivity contribution in [3.63, 3.8) is 0 Å². The van der Waals surface area contributed by atoms with E-state index in [4.69, 9.17) is 8.43 Å². The van der Waals surface area contributed by atoms with Crippen molar-refractivity contribution in [3.05, 3.63) is 35.9 Å². The zero-order chi connectivity index (χ0) is 15.6. The molecule has 20 heavy (non-hydrogen) atoms. The van der Waals surface area contributed by atoms with Crippen LogP contribution in [-0.2, 0) is 13.0 Å². The Morgan fingerprint density at radius 2 is 1.30 bits per heavy atom. The fourth-order valence-corrected chi connectivity index (χ4v) is 8.94. The minimum Gasteiger partial charge on any atom is -0.346 e. The summed E-state index contributed by atoms with van der Waals surface area (Å²) in [5.41, 5.74) is -0.171. The zero-order valence-corrected chi connectivity index (χ0v) is 15.9. The fraction of sp³-hybridized carbons (Fsp3) is 0.462. The van der Waals surface area contributed by atoms with Gasteiger partial charge in [0.1, 0.15) is 0 Å². The van der Waals surface area contributed by atoms with Crippen LogP contribution in [0.2, 0.25) is 39.3 Å². The quantitative estimate of drug-likeness (QED) is 0.559. The number of carbonyl (C=O) groups excluding carboxylic acids is 1. The van der Waals surface area contributed by atoms with E-state index >= 15 is 0 Å². The molecule has 0 aliphatic rings. The van der Waals surface area contributed by atoms with Gasteiger partial charge in [0.05, 0.1) is 0 Å². The van der Waals surface area contributed by atoms with Crippen LogP contribution in [0.15, 0.2) is 30.3 Å². The topological polar surface area (TPSA) is 52.6 Å². The maximum atomic E-state index is 13.0. The van der Waals surface area contributed by atoms with Gasteiger partial charge in [-0.1, -0.05) is 30.3 Å². The molecule has 0 saturated carbocycles. The van der Waals surface area contributed by atoms with Gasteiger partial charge in [-0.3, -0.25) is 9.36 Å². The predicted octanol–water partition coefficient (Wildman–Crippen LogP) is 4.72. The molecule has 0 saturated heterocycles. The van der Waals surface area contributed by atoms with Gasteiger partial charge < -0.3 is 8.43 Å². The van der Waals surface area contributed by atoms with Crippen LogP contribution in [0, 0.1) is 0 Å². The van der Waals surface area contributed by atoms with Crippen molar-refractivity contribution in [2.75, 3.05) is 0 Å². The smallest absolute Gasteiger partial charge is 0.346 e. The molecule has 0 spiro atoms. The third-order valence-corrected chi connectivity index (χ3v) is 9.12. The van der Waals surface area contributed by atoms with E-state index in [1.807, 2.05) is 39.3 Å². The highest BCUT2D eigenvalue weighted by atomic mass is 31.2. The van der Waals surface area contributed by atoms with E-state index in [2.05, 4.69) is 0 Å². The van der Waals surface area contributed by atoms with Crippen molar-refractivity contribution in [3.8, 4) is 0 Å². The molecule has 0 aliphatic heterocycles. The van der Waals surface area contributed by atoms with Crippen molar-refractivity contribution in [2.45, 2.75) is 39.3 Å². The molecule has 0 N–H and O–H groups in total. The lowest BCUT2D eigenvalue weighted by molar-refractivity contribution is 0.104. The molecule has 0 unspecified atom stereocenters. The maximum Gasteiger partial charge on any atom is 0.382 e. The summed E-state index contributed by atoms with van der Waals surface area (Å²) in [4.78, 5) is 12.6. The molecule has 7 heteroatoms. The van der Waals surface area contributed by atoms with E-state index in [0.29, 0.717) is 5.56 Å². The minimum atomic E-state index is -3.79. The van der Waals surface area contributed by atoms with Gasteiger partial charge in [-0.05, 0) is 39.3 Å². The Labute approximate surface area is 123 Å². The zero-order valence-electron chi connectivity index (χ0n) is 13.0. The first-order valence-electron chi connectivity index (χ1n) is 6.54. The SMILES string of the molecule is C[Si](C)(C)OP(=O)(O[Si](C)(C)C)C(=O)c1ccccc1. The molecule has 0 aromatic heterocycles. The monoisotopic (exact) mass is 330 g/mol. The van der Waals surface area contributed by atoms with Crippen molar-refractivity contribution < 1.29 is 17.8 Å². The minimum absolute atomic E-state index is 0.368. The number of benzene rings is 1. The first-order valence-corrected chi connectivity index (χ1v) is 14.9. The molecule has 112 valence electrons. The molecule has 0 bridgehead atoms. The Balaban J connectivity index is 3.18. The summed E-state index contributed by atoms with van der Waals surface area (Å²) in [6.07, 6.45) is 0. The molecule has 0 atom stereocenters. The Bertz CT molecular complexity index is 497. The summed E-state index contributed by atoms with van der Waals surface area (Å²) >= 11 is 0. The number of hydrogen-bond donors (Lipinski definition) is 0. The van der Waals surface area contributed by atoms with Crippen LogP contribution in [0.1, 0.15) is 10.4 Å². The summed E-state index contributed by atoms with van der Waals surface area (Å²) < 4.78 is 24.4. The third-order valence-electron chi connectivity index (χ3n) is 2.06. The molecule has 0 heterocycles. The molecule has 0 aliphatic carbocycles. The average molecular weight is 330 g/mol. The lowest BCUT2D eigenvalue weighted by Crippen LogP contribution is -2.32. The second-order valence-electron chi connectivity index (χ2n) is 6.58. The highest BCUT2D eigenvalue weighted by Crippen LogP contribution is 2.55. The van der Waals surface area contributed by atoms with Crippen molar-refractivity contribution in [1.82, 2.24) is 0 Å². The predicted molar refractivity (Wildman–Crippen MR) is 87.2 cm³/mol. The van der Waals surface area contributed by atoms with Crippen LogP contribution >= 0.6 is 7.60 Å². The Kier molecular flexibility index (Phi) is 5.32. The molecular weight excluding hydrogens is 307 g/mol. The summed E-state index contributed by atoms with van der Waals surface area (Å²) in [6, 6.07) is 8.55. The summed E-state index contributed by atoms with van der Waals surface area (Å²) in [5.74, 6) is 0. The lowest BCUT2D eigenvalue weighted by Gasteiger charge is -2.29. The van der Waals surface area contributed by atoms with Gasteiger partial charge in [0.2, 0.25) is 0 Å². The normalized spacial score (nSPS) is 13.3. The van der Waals surface area contributed by atoms with E-state index in [1.165, 1.54) is 0 Å². The van der Waals surface area contributed by atoms with Crippen LogP contribution in [0.3, 0.4) is 0 Å². The largest absolute Gasteiger partial charge is 0.382 e. The van der Waals surface area contributed by atoms with Gasteiger partial charge >= 0.3 is 7.60 Å². The Hall–Kier alpha value is -0.526. The molecule has 0 radical (unpaired) electrons. The standard InChI is InChI=1S/C13H23O4PSi2/c1-19(2,3)16-18(15,17-20(4,5)6)13(14)12-10-8-7-9-11-12/h7-11H,1-6H3. The Morgan fingerprint density at radius 1 is 0.900 bits per heavy atom. The highest BCUT2D eigenvalue weighted by Gasteiger charge is 2.43. The average Bonchev–Trinajstić information content (AvgIpc) is 2.24. The lowest BCUT2D eigenvalue weighted by atomic mass is 10.2. The van der Waals surface area contributed by atoms with Gasteiger partial charge in [0.25, 0.3) is 5.52 Å². The first kappa shape index (κ1) is 17.5. The molecule has 1 aromatic carbocycles. The van der Waals surface area contributed by atoms with E-state index in [9.17, 15) is 9.36 Å². The van der Waals surface area contributed by atoms with Gasteiger partial charge in [-0.25, -0.2) is 0 Å². The van der Waals surface area contributed by atoms with Gasteiger partial charge in [0.15, 0.2) is 16.6 Å². The third kappa shape index (κ3) is 5.46. The Morgan fingerprint density at radius 3 is 1.65 bits per heavy atom. The van der Waals surface area contributed by atoms with E-state index in [0.717, 1.165) is 0 Å². The van der Waals surface area contributed by atoms with E-state index < -0.39 is 29.8 Å². The van der Waals surface area contributed by atoms with Crippen molar-refractivity contribution in [1.29, 1.82) is 0 Å². The molecular formula is C13H23O4PSi2. The van der Waals surface area contributed by atoms with Crippen LogP contribution in [0.25, 0.3) is 0 Å². The van der Waals surface area contributed by atoms with Gasteiger partial charge in [-0.15, -0.1) is 0 Å². The molecule has 0 fully saturated rings. The molecule has 0 amide bonds. The summed E-state index contributed by atoms with van der Waals surface area (Å²) in [5, 5.41) is 0. The summed E-state index contributed by atoms with van der Waals surface area (Å²) in [7, 11) is -8.14. The van der Waals surface area contributed by atoms with E-state index in [-0.39, 0.29) is 0 Å². The first-order chi connectivity index (χ1) is 8.93. The number of hydrogen-bond acceptors (Lipinski definition) is 4. The fourth-order valence-electron chi connectivity index (χ4n) is 1.56. The van der Waals surface area contributed by atoms with Crippen molar-refractivity contribution >= 4 is 29.8 Å². The van der Waals surface area contributed by atoms with Crippen molar-refractivity contribution in [2.24, 2.45) is 0 Å². The number of rotatable bonds is 6. The molecule has 1 rings (SSSR count). The maximum absolute atomic E-state index is 13.0. The molecule has 4 nitrogen and oxygen atoms in total. The second-order valence-corrected chi connectivity index (χ2v) is 17.9. The van der Waals surface area contributed by atoms with Gasteiger partial charge in [0, 0.05) is 5.56 Å².